The highest BCUT2D eigenvalue weighted by Crippen LogP contribution is 2.28. The second-order valence-electron chi connectivity index (χ2n) is 5.24. The molecule has 0 bridgehead atoms. The molecule has 1 rings (SSSR count). The first-order valence-electron chi connectivity index (χ1n) is 7.47. The maximum atomic E-state index is 11.0. The van der Waals surface area contributed by atoms with Crippen molar-refractivity contribution in [3.8, 4) is 11.5 Å². The van der Waals surface area contributed by atoms with Crippen molar-refractivity contribution < 1.29 is 14.3 Å². The fraction of sp³-hybridized carbons (Fsp3) is 0.588. The predicted molar refractivity (Wildman–Crippen MR) is 81.5 cm³/mol. The predicted octanol–water partition coefficient (Wildman–Crippen LogP) is 4.58. The molecule has 112 valence electrons. The van der Waals surface area contributed by atoms with Crippen molar-refractivity contribution in [2.75, 3.05) is 6.61 Å². The number of hydrogen-bond donors (Lipinski definition) is 0. The number of benzene rings is 1. The van der Waals surface area contributed by atoms with Crippen molar-refractivity contribution in [1.29, 1.82) is 0 Å². The van der Waals surface area contributed by atoms with E-state index < -0.39 is 0 Å². The molecule has 3 nitrogen and oxygen atoms in total. The van der Waals surface area contributed by atoms with Crippen LogP contribution in [0.15, 0.2) is 12.1 Å². The van der Waals surface area contributed by atoms with Gasteiger partial charge in [0.2, 0.25) is 0 Å². The van der Waals surface area contributed by atoms with Gasteiger partial charge in [0.1, 0.15) is 11.5 Å². The van der Waals surface area contributed by atoms with Crippen molar-refractivity contribution in [1.82, 2.24) is 0 Å². The van der Waals surface area contributed by atoms with Gasteiger partial charge < -0.3 is 9.47 Å². The van der Waals surface area contributed by atoms with E-state index >= 15 is 0 Å². The molecule has 0 atom stereocenters. The molecule has 3 heteroatoms. The maximum absolute atomic E-state index is 11.0. The first kappa shape index (κ1) is 16.5. The van der Waals surface area contributed by atoms with E-state index in [1.807, 2.05) is 26.0 Å². The Morgan fingerprint density at radius 3 is 2.20 bits per heavy atom. The highest BCUT2D eigenvalue weighted by molar-refractivity contribution is 5.69. The molecule has 0 heterocycles. The molecule has 0 saturated heterocycles. The van der Waals surface area contributed by atoms with Crippen LogP contribution in [0.2, 0.25) is 0 Å². The average Bonchev–Trinajstić information content (AvgIpc) is 2.35. The van der Waals surface area contributed by atoms with Gasteiger partial charge in [0.15, 0.2) is 0 Å². The highest BCUT2D eigenvalue weighted by atomic mass is 16.5. The Labute approximate surface area is 122 Å². The summed E-state index contributed by atoms with van der Waals surface area (Å²) in [6.07, 6.45) is 6.15. The molecule has 20 heavy (non-hydrogen) atoms. The van der Waals surface area contributed by atoms with Gasteiger partial charge in [-0.1, -0.05) is 32.6 Å². The molecule has 0 saturated carbocycles. The van der Waals surface area contributed by atoms with Crippen LogP contribution in [-0.4, -0.2) is 12.6 Å². The third-order valence-electron chi connectivity index (χ3n) is 3.19. The average molecular weight is 278 g/mol. The van der Waals surface area contributed by atoms with Gasteiger partial charge in [-0.3, -0.25) is 4.79 Å². The Morgan fingerprint density at radius 2 is 1.65 bits per heavy atom. The lowest BCUT2D eigenvalue weighted by Gasteiger charge is -2.13. The van der Waals surface area contributed by atoms with Crippen molar-refractivity contribution >= 4 is 5.97 Å². The maximum Gasteiger partial charge on any atom is 0.308 e. The number of esters is 1. The van der Waals surface area contributed by atoms with Gasteiger partial charge in [-0.15, -0.1) is 0 Å². The lowest BCUT2D eigenvalue weighted by Crippen LogP contribution is -2.04. The van der Waals surface area contributed by atoms with Crippen molar-refractivity contribution in [3.05, 3.63) is 23.3 Å². The molecule has 0 fully saturated rings. The number of carbonyl (C=O) groups is 1. The Hall–Kier alpha value is -1.51. The summed E-state index contributed by atoms with van der Waals surface area (Å²) in [4.78, 5) is 11.0. The van der Waals surface area contributed by atoms with Crippen LogP contribution in [0.4, 0.5) is 0 Å². The number of hydrogen-bond acceptors (Lipinski definition) is 3. The smallest absolute Gasteiger partial charge is 0.308 e. The SMILES string of the molecule is CCCCCCCOc1c(C)cc(OC(C)=O)cc1C. The van der Waals surface area contributed by atoms with Crippen LogP contribution in [0.3, 0.4) is 0 Å². The number of unbranched alkanes of at least 4 members (excludes halogenated alkanes) is 4. The molecule has 0 aromatic heterocycles. The Kier molecular flexibility index (Phi) is 7.13. The minimum atomic E-state index is -0.298. The quantitative estimate of drug-likeness (QED) is 0.397. The van der Waals surface area contributed by atoms with Gasteiger partial charge in [0.25, 0.3) is 0 Å². The van der Waals surface area contributed by atoms with E-state index in [9.17, 15) is 4.79 Å². The first-order chi connectivity index (χ1) is 9.54. The summed E-state index contributed by atoms with van der Waals surface area (Å²) in [6, 6.07) is 3.70. The zero-order valence-corrected chi connectivity index (χ0v) is 13.1. The lowest BCUT2D eigenvalue weighted by molar-refractivity contribution is -0.131. The van der Waals surface area contributed by atoms with Crippen LogP contribution in [0, 0.1) is 13.8 Å². The fourth-order valence-electron chi connectivity index (χ4n) is 2.24. The molecule has 1 aromatic rings. The summed E-state index contributed by atoms with van der Waals surface area (Å²) in [6.45, 7) is 8.33. The van der Waals surface area contributed by atoms with Gasteiger partial charge >= 0.3 is 5.97 Å². The molecular weight excluding hydrogens is 252 g/mol. The lowest BCUT2D eigenvalue weighted by atomic mass is 10.1. The van der Waals surface area contributed by atoms with Crippen LogP contribution < -0.4 is 9.47 Å². The molecule has 0 radical (unpaired) electrons. The van der Waals surface area contributed by atoms with Crippen molar-refractivity contribution in [2.45, 2.75) is 59.8 Å². The standard InChI is InChI=1S/C17H26O3/c1-5-6-7-8-9-10-19-17-13(2)11-16(12-14(17)3)20-15(4)18/h11-12H,5-10H2,1-4H3. The zero-order valence-electron chi connectivity index (χ0n) is 13.1. The second-order valence-corrected chi connectivity index (χ2v) is 5.24. The van der Waals surface area contributed by atoms with Gasteiger partial charge in [-0.2, -0.15) is 0 Å². The van der Waals surface area contributed by atoms with E-state index in [4.69, 9.17) is 9.47 Å². The van der Waals surface area contributed by atoms with Gasteiger partial charge in [-0.25, -0.2) is 0 Å². The number of ether oxygens (including phenoxy) is 2. The molecule has 0 aliphatic carbocycles. The Balaban J connectivity index is 2.51. The van der Waals surface area contributed by atoms with Crippen LogP contribution in [0.5, 0.6) is 11.5 Å². The van der Waals surface area contributed by atoms with E-state index in [1.54, 1.807) is 0 Å². The zero-order chi connectivity index (χ0) is 15.0. The van der Waals surface area contributed by atoms with Crippen LogP contribution in [0.25, 0.3) is 0 Å². The Bertz CT molecular complexity index is 415. The number of aryl methyl sites for hydroxylation is 2. The topological polar surface area (TPSA) is 35.5 Å². The summed E-state index contributed by atoms with van der Waals surface area (Å²) < 4.78 is 11.0. The number of carbonyl (C=O) groups excluding carboxylic acids is 1. The summed E-state index contributed by atoms with van der Waals surface area (Å²) in [5.74, 6) is 1.20. The van der Waals surface area contributed by atoms with Crippen LogP contribution in [-0.2, 0) is 4.79 Å². The fourth-order valence-corrected chi connectivity index (χ4v) is 2.24. The molecule has 0 N–H and O–H groups in total. The second kappa shape index (κ2) is 8.62. The van der Waals surface area contributed by atoms with E-state index in [1.165, 1.54) is 32.6 Å². The molecule has 0 spiro atoms. The third kappa shape index (κ3) is 5.64. The minimum absolute atomic E-state index is 0.298. The van der Waals surface area contributed by atoms with E-state index in [2.05, 4.69) is 6.92 Å². The van der Waals surface area contributed by atoms with Gasteiger partial charge in [-0.05, 0) is 43.5 Å². The summed E-state index contributed by atoms with van der Waals surface area (Å²) >= 11 is 0. The molecular formula is C17H26O3. The molecule has 0 aliphatic heterocycles. The summed E-state index contributed by atoms with van der Waals surface area (Å²) in [5.41, 5.74) is 2.02. The largest absolute Gasteiger partial charge is 0.493 e. The molecule has 0 unspecified atom stereocenters. The monoisotopic (exact) mass is 278 g/mol. The third-order valence-corrected chi connectivity index (χ3v) is 3.19. The first-order valence-corrected chi connectivity index (χ1v) is 7.47. The van der Waals surface area contributed by atoms with Crippen molar-refractivity contribution in [2.24, 2.45) is 0 Å². The number of rotatable bonds is 8. The minimum Gasteiger partial charge on any atom is -0.493 e. The molecule has 0 amide bonds. The van der Waals surface area contributed by atoms with Gasteiger partial charge in [0.05, 0.1) is 6.61 Å². The summed E-state index contributed by atoms with van der Waals surface area (Å²) in [7, 11) is 0. The van der Waals surface area contributed by atoms with Crippen LogP contribution in [0.1, 0.15) is 57.1 Å². The molecule has 0 aliphatic rings. The van der Waals surface area contributed by atoms with Gasteiger partial charge in [0, 0.05) is 6.92 Å². The summed E-state index contributed by atoms with van der Waals surface area (Å²) in [5, 5.41) is 0. The highest BCUT2D eigenvalue weighted by Gasteiger charge is 2.08. The van der Waals surface area contributed by atoms with Crippen LogP contribution >= 0.6 is 0 Å². The Morgan fingerprint density at radius 1 is 1.05 bits per heavy atom. The molecule has 1 aromatic carbocycles. The van der Waals surface area contributed by atoms with Crippen molar-refractivity contribution in [3.63, 3.8) is 0 Å². The van der Waals surface area contributed by atoms with E-state index in [0.717, 1.165) is 29.9 Å². The van der Waals surface area contributed by atoms with E-state index in [-0.39, 0.29) is 5.97 Å². The van der Waals surface area contributed by atoms with E-state index in [0.29, 0.717) is 5.75 Å². The normalized spacial score (nSPS) is 10.4.